The Morgan fingerprint density at radius 1 is 1.19 bits per heavy atom. The number of amides is 1. The van der Waals surface area contributed by atoms with Gasteiger partial charge in [-0.2, -0.15) is 0 Å². The Kier molecular flexibility index (Phi) is 9.53. The van der Waals surface area contributed by atoms with E-state index in [0.717, 1.165) is 26.0 Å². The molecular formula is C20H38N2O5. The summed E-state index contributed by atoms with van der Waals surface area (Å²) in [6.45, 7) is 12.3. The molecule has 1 amide bonds. The number of nitrogens with one attached hydrogen (secondary N) is 1. The van der Waals surface area contributed by atoms with Crippen LogP contribution >= 0.6 is 0 Å². The third-order valence-electron chi connectivity index (χ3n) is 5.04. The molecule has 0 spiro atoms. The van der Waals surface area contributed by atoms with Gasteiger partial charge in [0.25, 0.3) is 0 Å². The second-order valence-electron chi connectivity index (χ2n) is 8.22. The Balaban J connectivity index is 2.71. The number of esters is 1. The Morgan fingerprint density at radius 3 is 2.33 bits per heavy atom. The van der Waals surface area contributed by atoms with Crippen molar-refractivity contribution in [1.82, 2.24) is 10.2 Å². The van der Waals surface area contributed by atoms with Gasteiger partial charge in [-0.15, -0.1) is 0 Å². The highest BCUT2D eigenvalue weighted by Gasteiger charge is 2.47. The summed E-state index contributed by atoms with van der Waals surface area (Å²) in [4.78, 5) is 26.8. The molecule has 27 heavy (non-hydrogen) atoms. The first-order valence-electron chi connectivity index (χ1n) is 10.0. The van der Waals surface area contributed by atoms with Crippen LogP contribution in [0, 0.1) is 5.41 Å². The van der Waals surface area contributed by atoms with Crippen LogP contribution in [0.3, 0.4) is 0 Å². The van der Waals surface area contributed by atoms with Crippen LogP contribution in [-0.2, 0) is 19.0 Å². The summed E-state index contributed by atoms with van der Waals surface area (Å²) in [5, 5.41) is 3.48. The van der Waals surface area contributed by atoms with E-state index in [1.165, 1.54) is 0 Å². The lowest BCUT2D eigenvalue weighted by Gasteiger charge is -2.43. The molecule has 1 aliphatic rings. The van der Waals surface area contributed by atoms with E-state index in [0.29, 0.717) is 32.5 Å². The Labute approximate surface area is 164 Å². The molecule has 0 unspecified atom stereocenters. The van der Waals surface area contributed by atoms with Crippen molar-refractivity contribution in [3.63, 3.8) is 0 Å². The SMILES string of the molecule is CCOC(=O)C1([C@H](C)NCCCCOC)CCN(C(=O)OC(C)(C)C)CC1. The smallest absolute Gasteiger partial charge is 0.410 e. The predicted octanol–water partition coefficient (Wildman–Crippen LogP) is 2.97. The zero-order chi connectivity index (χ0) is 20.5. The molecule has 0 bridgehead atoms. The van der Waals surface area contributed by atoms with Gasteiger partial charge in [-0.25, -0.2) is 4.79 Å². The van der Waals surface area contributed by atoms with Crippen molar-refractivity contribution in [3.05, 3.63) is 0 Å². The number of hydrogen-bond donors (Lipinski definition) is 1. The van der Waals surface area contributed by atoms with Crippen LogP contribution in [0.25, 0.3) is 0 Å². The largest absolute Gasteiger partial charge is 0.466 e. The third kappa shape index (κ3) is 7.30. The Hall–Kier alpha value is -1.34. The fourth-order valence-electron chi connectivity index (χ4n) is 3.39. The predicted molar refractivity (Wildman–Crippen MR) is 105 cm³/mol. The number of nitrogens with zero attached hydrogens (tertiary/aromatic N) is 1. The number of rotatable bonds is 9. The minimum atomic E-state index is -0.615. The molecule has 158 valence electrons. The summed E-state index contributed by atoms with van der Waals surface area (Å²) in [6, 6.07) is -0.0279. The molecule has 1 heterocycles. The maximum absolute atomic E-state index is 12.8. The average molecular weight is 387 g/mol. The minimum absolute atomic E-state index is 0.0279. The fourth-order valence-corrected chi connectivity index (χ4v) is 3.39. The van der Waals surface area contributed by atoms with Crippen molar-refractivity contribution in [2.24, 2.45) is 5.41 Å². The zero-order valence-corrected chi connectivity index (χ0v) is 17.9. The van der Waals surface area contributed by atoms with Gasteiger partial charge in [0.05, 0.1) is 12.0 Å². The van der Waals surface area contributed by atoms with E-state index < -0.39 is 11.0 Å². The van der Waals surface area contributed by atoms with Gasteiger partial charge >= 0.3 is 12.1 Å². The second kappa shape index (κ2) is 10.9. The van der Waals surface area contributed by atoms with Gasteiger partial charge in [0, 0.05) is 32.8 Å². The van der Waals surface area contributed by atoms with Crippen molar-refractivity contribution in [1.29, 1.82) is 0 Å². The lowest BCUT2D eigenvalue weighted by Crippen LogP contribution is -2.56. The highest BCUT2D eigenvalue weighted by Crippen LogP contribution is 2.37. The summed E-state index contributed by atoms with van der Waals surface area (Å²) in [6.07, 6.45) is 2.78. The summed E-state index contributed by atoms with van der Waals surface area (Å²) < 4.78 is 15.9. The number of carbonyl (C=O) groups is 2. The molecule has 1 rings (SSSR count). The van der Waals surface area contributed by atoms with Crippen LogP contribution < -0.4 is 5.32 Å². The molecule has 1 atom stereocenters. The molecule has 1 fully saturated rings. The van der Waals surface area contributed by atoms with Crippen LogP contribution in [0.1, 0.15) is 60.3 Å². The maximum atomic E-state index is 12.8. The van der Waals surface area contributed by atoms with Crippen LogP contribution in [-0.4, -0.2) is 68.6 Å². The van der Waals surface area contributed by atoms with Gasteiger partial charge in [0.1, 0.15) is 5.60 Å². The fraction of sp³-hybridized carbons (Fsp3) is 0.900. The first kappa shape index (κ1) is 23.7. The molecule has 0 radical (unpaired) electrons. The van der Waals surface area contributed by atoms with Gasteiger partial charge in [-0.05, 0) is 66.8 Å². The number of ether oxygens (including phenoxy) is 3. The van der Waals surface area contributed by atoms with Gasteiger partial charge in [0.2, 0.25) is 0 Å². The normalized spacial score (nSPS) is 18.1. The van der Waals surface area contributed by atoms with Crippen LogP contribution in [0.2, 0.25) is 0 Å². The van der Waals surface area contributed by atoms with Crippen molar-refractivity contribution >= 4 is 12.1 Å². The van der Waals surface area contributed by atoms with E-state index in [9.17, 15) is 9.59 Å². The quantitative estimate of drug-likeness (QED) is 0.485. The van der Waals surface area contributed by atoms with Gasteiger partial charge < -0.3 is 24.4 Å². The molecule has 0 aromatic carbocycles. The van der Waals surface area contributed by atoms with Gasteiger partial charge in [0.15, 0.2) is 0 Å². The third-order valence-corrected chi connectivity index (χ3v) is 5.04. The lowest BCUT2D eigenvalue weighted by atomic mass is 9.72. The second-order valence-corrected chi connectivity index (χ2v) is 8.22. The van der Waals surface area contributed by atoms with Crippen LogP contribution in [0.5, 0.6) is 0 Å². The van der Waals surface area contributed by atoms with Crippen LogP contribution in [0.4, 0.5) is 4.79 Å². The molecule has 1 aliphatic heterocycles. The average Bonchev–Trinajstić information content (AvgIpc) is 2.60. The number of likely N-dealkylation sites (tertiary alicyclic amines) is 1. The van der Waals surface area contributed by atoms with E-state index in [1.807, 2.05) is 34.6 Å². The summed E-state index contributed by atoms with van der Waals surface area (Å²) >= 11 is 0. The lowest BCUT2D eigenvalue weighted by molar-refractivity contribution is -0.160. The zero-order valence-electron chi connectivity index (χ0n) is 17.9. The highest BCUT2D eigenvalue weighted by molar-refractivity contribution is 5.78. The molecule has 1 saturated heterocycles. The number of methoxy groups -OCH3 is 1. The van der Waals surface area contributed by atoms with E-state index in [1.54, 1.807) is 12.0 Å². The molecule has 0 saturated carbocycles. The number of piperidine rings is 1. The Bertz CT molecular complexity index is 467. The standard InChI is InChI=1S/C20H38N2O5/c1-7-26-17(23)20(16(2)21-12-8-9-15-25-6)10-13-22(14-11-20)18(24)27-19(3,4)5/h16,21H,7-15H2,1-6H3/t16-/m0/s1. The molecule has 0 aromatic heterocycles. The number of hydrogen-bond acceptors (Lipinski definition) is 6. The van der Waals surface area contributed by atoms with Gasteiger partial charge in [-0.3, -0.25) is 4.79 Å². The molecular weight excluding hydrogens is 348 g/mol. The van der Waals surface area contributed by atoms with E-state index in [2.05, 4.69) is 5.32 Å². The van der Waals surface area contributed by atoms with Crippen molar-refractivity contribution in [2.45, 2.75) is 71.9 Å². The summed E-state index contributed by atoms with van der Waals surface area (Å²) in [5.41, 5.74) is -1.14. The maximum Gasteiger partial charge on any atom is 0.410 e. The monoisotopic (exact) mass is 386 g/mol. The van der Waals surface area contributed by atoms with Crippen molar-refractivity contribution in [2.75, 3.05) is 40.0 Å². The first-order valence-corrected chi connectivity index (χ1v) is 10.0. The molecule has 0 aliphatic carbocycles. The minimum Gasteiger partial charge on any atom is -0.466 e. The number of carbonyl (C=O) groups excluding carboxylic acids is 2. The number of unbranched alkanes of at least 4 members (excludes halogenated alkanes) is 1. The van der Waals surface area contributed by atoms with Crippen molar-refractivity contribution < 1.29 is 23.8 Å². The van der Waals surface area contributed by atoms with Crippen LogP contribution in [0.15, 0.2) is 0 Å². The van der Waals surface area contributed by atoms with Gasteiger partial charge in [-0.1, -0.05) is 0 Å². The van der Waals surface area contributed by atoms with Crippen molar-refractivity contribution in [3.8, 4) is 0 Å². The first-order chi connectivity index (χ1) is 12.7. The molecule has 1 N–H and O–H groups in total. The molecule has 7 nitrogen and oxygen atoms in total. The van der Waals surface area contributed by atoms with E-state index in [4.69, 9.17) is 14.2 Å². The summed E-state index contributed by atoms with van der Waals surface area (Å²) in [7, 11) is 1.70. The summed E-state index contributed by atoms with van der Waals surface area (Å²) in [5.74, 6) is -0.175. The van der Waals surface area contributed by atoms with E-state index >= 15 is 0 Å². The topological polar surface area (TPSA) is 77.1 Å². The highest BCUT2D eigenvalue weighted by atomic mass is 16.6. The Morgan fingerprint density at radius 2 is 1.81 bits per heavy atom. The molecule has 7 heteroatoms. The molecule has 0 aromatic rings. The van der Waals surface area contributed by atoms with E-state index in [-0.39, 0.29) is 18.1 Å².